The second kappa shape index (κ2) is 9.96. The maximum atomic E-state index is 11.7. The van der Waals surface area contributed by atoms with Gasteiger partial charge in [0, 0.05) is 17.7 Å². The average molecular weight is 494 g/mol. The summed E-state index contributed by atoms with van der Waals surface area (Å²) in [6.07, 6.45) is 1.68. The van der Waals surface area contributed by atoms with Gasteiger partial charge >= 0.3 is 5.97 Å². The van der Waals surface area contributed by atoms with Gasteiger partial charge < -0.3 is 19.1 Å². The number of pyridine rings is 1. The molecule has 7 nitrogen and oxygen atoms in total. The number of hydrogen-bond acceptors (Lipinski definition) is 5. The summed E-state index contributed by atoms with van der Waals surface area (Å²) in [7, 11) is 0. The van der Waals surface area contributed by atoms with Gasteiger partial charge in [-0.05, 0) is 57.9 Å². The van der Waals surface area contributed by atoms with Gasteiger partial charge in [0.05, 0.1) is 46.2 Å². The fraction of sp³-hybridized carbons (Fsp3) is 0.296. The van der Waals surface area contributed by atoms with E-state index < -0.39 is 5.97 Å². The van der Waals surface area contributed by atoms with Crippen molar-refractivity contribution in [2.24, 2.45) is 0 Å². The van der Waals surface area contributed by atoms with Crippen LogP contribution in [-0.4, -0.2) is 32.2 Å². The van der Waals surface area contributed by atoms with Crippen LogP contribution in [0.1, 0.15) is 58.5 Å². The number of carbonyl (C=O) groups is 1. The Bertz CT molecular complexity index is 1410. The maximum absolute atomic E-state index is 11.7. The number of aryl methyl sites for hydroxylation is 3. The number of hydrogen-bond donors (Lipinski definition) is 1. The van der Waals surface area contributed by atoms with Crippen LogP contribution in [0.4, 0.5) is 0 Å². The molecule has 0 amide bonds. The monoisotopic (exact) mass is 493 g/mol. The van der Waals surface area contributed by atoms with Crippen molar-refractivity contribution in [3.8, 4) is 11.5 Å². The van der Waals surface area contributed by atoms with Gasteiger partial charge in [-0.2, -0.15) is 0 Å². The fourth-order valence-corrected chi connectivity index (χ4v) is 4.69. The van der Waals surface area contributed by atoms with E-state index in [1.807, 2.05) is 52.8 Å². The van der Waals surface area contributed by atoms with E-state index in [4.69, 9.17) is 26.1 Å². The Morgan fingerprint density at radius 3 is 2.57 bits per heavy atom. The molecule has 0 bridgehead atoms. The molecule has 2 aromatic heterocycles. The Hall–Kier alpha value is -3.58. The average Bonchev–Trinajstić information content (AvgIpc) is 3.14. The number of carboxylic acid groups (broad SMARTS) is 1. The van der Waals surface area contributed by atoms with Gasteiger partial charge in [-0.25, -0.2) is 9.78 Å². The van der Waals surface area contributed by atoms with Crippen molar-refractivity contribution < 1.29 is 19.4 Å². The van der Waals surface area contributed by atoms with Crippen LogP contribution in [0.5, 0.6) is 11.5 Å². The molecule has 2 aromatic carbocycles. The third-order valence-electron chi connectivity index (χ3n) is 6.10. The van der Waals surface area contributed by atoms with E-state index in [1.165, 1.54) is 0 Å². The van der Waals surface area contributed by atoms with Crippen LogP contribution < -0.4 is 9.47 Å². The van der Waals surface area contributed by atoms with Crippen molar-refractivity contribution in [1.82, 2.24) is 14.5 Å². The minimum absolute atomic E-state index is 0.147. The van der Waals surface area contributed by atoms with Gasteiger partial charge in [-0.15, -0.1) is 0 Å². The van der Waals surface area contributed by atoms with E-state index in [0.29, 0.717) is 34.4 Å². The first kappa shape index (κ1) is 24.5. The second-order valence-electron chi connectivity index (χ2n) is 8.48. The molecule has 35 heavy (non-hydrogen) atoms. The summed E-state index contributed by atoms with van der Waals surface area (Å²) >= 11 is 6.57. The van der Waals surface area contributed by atoms with Crippen LogP contribution in [0.25, 0.3) is 11.0 Å². The lowest BCUT2D eigenvalue weighted by Crippen LogP contribution is -2.11. The quantitative estimate of drug-likeness (QED) is 0.310. The van der Waals surface area contributed by atoms with Crippen molar-refractivity contribution in [2.75, 3.05) is 6.61 Å². The zero-order valence-electron chi connectivity index (χ0n) is 20.4. The molecule has 2 heterocycles. The summed E-state index contributed by atoms with van der Waals surface area (Å²) in [6, 6.07) is 10.7. The minimum Gasteiger partial charge on any atom is -0.492 e. The molecule has 0 saturated carbocycles. The van der Waals surface area contributed by atoms with Crippen molar-refractivity contribution in [2.45, 2.75) is 47.3 Å². The van der Waals surface area contributed by atoms with Crippen molar-refractivity contribution in [3.05, 3.63) is 81.4 Å². The molecule has 0 radical (unpaired) electrons. The van der Waals surface area contributed by atoms with E-state index in [2.05, 4.69) is 9.55 Å². The zero-order chi connectivity index (χ0) is 25.3. The molecular formula is C27H28ClN3O4. The van der Waals surface area contributed by atoms with E-state index in [-0.39, 0.29) is 18.2 Å². The Morgan fingerprint density at radius 2 is 1.89 bits per heavy atom. The lowest BCUT2D eigenvalue weighted by molar-refractivity contribution is 0.0693. The summed E-state index contributed by atoms with van der Waals surface area (Å²) in [5.74, 6) is 1.12. The Kier molecular flexibility index (Phi) is 6.98. The van der Waals surface area contributed by atoms with Gasteiger partial charge in [0.2, 0.25) is 0 Å². The molecule has 0 aliphatic carbocycles. The van der Waals surface area contributed by atoms with E-state index >= 15 is 0 Å². The van der Waals surface area contributed by atoms with Gasteiger partial charge in [-0.3, -0.25) is 4.98 Å². The van der Waals surface area contributed by atoms with Crippen LogP contribution in [0.15, 0.2) is 42.6 Å². The normalized spacial score (nSPS) is 12.1. The highest BCUT2D eigenvalue weighted by Crippen LogP contribution is 2.33. The highest BCUT2D eigenvalue weighted by molar-refractivity contribution is 6.31. The third-order valence-corrected chi connectivity index (χ3v) is 6.40. The molecule has 0 spiro atoms. The molecule has 8 heteroatoms. The van der Waals surface area contributed by atoms with Crippen molar-refractivity contribution >= 4 is 28.6 Å². The number of carboxylic acids is 1. The predicted octanol–water partition coefficient (Wildman–Crippen LogP) is 6.30. The SMILES string of the molecule is CCOc1cnc(C(C)n2c(C)nc3c(C)cc(OCc4c(C)cccc4C(=O)O)cc32)c(Cl)c1. The molecule has 1 unspecified atom stereocenters. The molecule has 1 atom stereocenters. The summed E-state index contributed by atoms with van der Waals surface area (Å²) in [4.78, 5) is 21.0. The Morgan fingerprint density at radius 1 is 1.11 bits per heavy atom. The van der Waals surface area contributed by atoms with Gasteiger partial charge in [0.25, 0.3) is 0 Å². The molecule has 4 rings (SSSR count). The Balaban J connectivity index is 1.71. The second-order valence-corrected chi connectivity index (χ2v) is 8.89. The van der Waals surface area contributed by atoms with Gasteiger partial charge in [0.1, 0.15) is 23.9 Å². The lowest BCUT2D eigenvalue weighted by atomic mass is 10.0. The number of ether oxygens (including phenoxy) is 2. The zero-order valence-corrected chi connectivity index (χ0v) is 21.2. The van der Waals surface area contributed by atoms with Gasteiger partial charge in [-0.1, -0.05) is 23.7 Å². The topological polar surface area (TPSA) is 86.5 Å². The van der Waals surface area contributed by atoms with Crippen LogP contribution in [0.2, 0.25) is 5.02 Å². The summed E-state index contributed by atoms with van der Waals surface area (Å²) in [5, 5.41) is 10.1. The number of imidazole rings is 1. The smallest absolute Gasteiger partial charge is 0.336 e. The first-order valence-electron chi connectivity index (χ1n) is 11.4. The number of rotatable bonds is 8. The highest BCUT2D eigenvalue weighted by atomic mass is 35.5. The highest BCUT2D eigenvalue weighted by Gasteiger charge is 2.21. The van der Waals surface area contributed by atoms with Gasteiger partial charge in [0.15, 0.2) is 0 Å². The molecule has 0 aliphatic heterocycles. The Labute approximate surface area is 209 Å². The largest absolute Gasteiger partial charge is 0.492 e. The van der Waals surface area contributed by atoms with Crippen LogP contribution in [-0.2, 0) is 6.61 Å². The van der Waals surface area contributed by atoms with Crippen molar-refractivity contribution in [3.63, 3.8) is 0 Å². The predicted molar refractivity (Wildman–Crippen MR) is 136 cm³/mol. The number of halogens is 1. The molecule has 182 valence electrons. The summed E-state index contributed by atoms with van der Waals surface area (Å²) in [6.45, 7) is 10.4. The number of aromatic carboxylic acids is 1. The first-order chi connectivity index (χ1) is 16.7. The molecule has 0 saturated heterocycles. The third kappa shape index (κ3) is 4.82. The molecule has 1 N–H and O–H groups in total. The molecular weight excluding hydrogens is 466 g/mol. The van der Waals surface area contributed by atoms with E-state index in [9.17, 15) is 9.90 Å². The van der Waals surface area contributed by atoms with Crippen LogP contribution >= 0.6 is 11.6 Å². The summed E-state index contributed by atoms with van der Waals surface area (Å²) < 4.78 is 13.7. The fourth-order valence-electron chi connectivity index (χ4n) is 4.38. The van der Waals surface area contributed by atoms with Crippen molar-refractivity contribution in [1.29, 1.82) is 0 Å². The maximum Gasteiger partial charge on any atom is 0.336 e. The molecule has 4 aromatic rings. The van der Waals surface area contributed by atoms with E-state index in [0.717, 1.165) is 28.0 Å². The lowest BCUT2D eigenvalue weighted by Gasteiger charge is -2.18. The number of aromatic nitrogens is 3. The number of nitrogens with zero attached hydrogens (tertiary/aromatic N) is 3. The summed E-state index contributed by atoms with van der Waals surface area (Å²) in [5.41, 5.74) is 5.20. The first-order valence-corrected chi connectivity index (χ1v) is 11.8. The standard InChI is InChI=1S/C27H28ClN3O4/c1-6-34-20-11-23(28)26(29-13-20)17(4)31-18(5)30-25-16(3)10-19(12-24(25)31)35-14-22-15(2)8-7-9-21(22)27(32)33/h7-13,17H,6,14H2,1-5H3,(H,32,33). The van der Waals surface area contributed by atoms with Crippen LogP contribution in [0.3, 0.4) is 0 Å². The minimum atomic E-state index is -0.971. The number of fused-ring (bicyclic) bond motifs is 1. The molecule has 0 aliphatic rings. The van der Waals surface area contributed by atoms with Crippen LogP contribution in [0, 0.1) is 20.8 Å². The van der Waals surface area contributed by atoms with E-state index in [1.54, 1.807) is 24.4 Å². The number of benzene rings is 2. The molecule has 0 fully saturated rings.